The number of aliphatic imine (C=N–C) groups is 1. The molecule has 0 saturated heterocycles. The van der Waals surface area contributed by atoms with Crippen LogP contribution in [0.5, 0.6) is 0 Å². The molecule has 14 heteroatoms. The van der Waals surface area contributed by atoms with Gasteiger partial charge < -0.3 is 44.0 Å². The summed E-state index contributed by atoms with van der Waals surface area (Å²) in [5.41, 5.74) is 20.7. The summed E-state index contributed by atoms with van der Waals surface area (Å²) in [5, 5.41) is 15.7. The monoisotopic (exact) mass is 416 g/mol. The maximum atomic E-state index is 12.5. The SMILES string of the molecule is CC(NC(=O)C(CCCN=C(N)N)NC(=O)C(CC(N)=O)NC(=O)CN)C(=O)O. The van der Waals surface area contributed by atoms with Crippen molar-refractivity contribution in [3.8, 4) is 0 Å². The van der Waals surface area contributed by atoms with Gasteiger partial charge in [-0.1, -0.05) is 0 Å². The highest BCUT2D eigenvalue weighted by atomic mass is 16.4. The standard InChI is InChI=1S/C15H28N8O6/c1-7(14(28)29)21-12(26)8(3-2-4-20-15(18)19)23-13(27)9(5-10(17)24)22-11(25)6-16/h7-9H,2-6,16H2,1H3,(H2,17,24)(H,21,26)(H,22,25)(H,23,27)(H,28,29)(H4,18,19,20). The van der Waals surface area contributed by atoms with Crippen molar-refractivity contribution < 1.29 is 29.1 Å². The Balaban J connectivity index is 5.28. The van der Waals surface area contributed by atoms with Gasteiger partial charge in [0.15, 0.2) is 5.96 Å². The number of carboxylic acid groups (broad SMARTS) is 1. The van der Waals surface area contributed by atoms with E-state index < -0.39 is 60.7 Å². The summed E-state index contributed by atoms with van der Waals surface area (Å²) in [6.45, 7) is 0.974. The average molecular weight is 416 g/mol. The van der Waals surface area contributed by atoms with Crippen molar-refractivity contribution in [2.45, 2.75) is 44.3 Å². The molecule has 0 aliphatic carbocycles. The molecule has 0 rings (SSSR count). The minimum Gasteiger partial charge on any atom is -0.480 e. The molecule has 0 fully saturated rings. The van der Waals surface area contributed by atoms with Gasteiger partial charge in [-0.15, -0.1) is 0 Å². The second-order valence-corrected chi connectivity index (χ2v) is 6.07. The molecule has 12 N–H and O–H groups in total. The number of hydrogen-bond donors (Lipinski definition) is 8. The van der Waals surface area contributed by atoms with Crippen LogP contribution in [0.25, 0.3) is 0 Å². The molecule has 4 amide bonds. The Labute approximate surface area is 166 Å². The van der Waals surface area contributed by atoms with E-state index in [9.17, 15) is 24.0 Å². The minimum absolute atomic E-state index is 0.0504. The number of hydrogen-bond acceptors (Lipinski definition) is 7. The third-order valence-electron chi connectivity index (χ3n) is 3.55. The van der Waals surface area contributed by atoms with Crippen LogP contribution in [-0.4, -0.2) is 71.9 Å². The molecule has 3 atom stereocenters. The third kappa shape index (κ3) is 11.1. The normalized spacial score (nSPS) is 13.3. The van der Waals surface area contributed by atoms with E-state index in [1.165, 1.54) is 6.92 Å². The molecule has 0 aromatic carbocycles. The van der Waals surface area contributed by atoms with E-state index in [-0.39, 0.29) is 25.3 Å². The van der Waals surface area contributed by atoms with Crippen molar-refractivity contribution in [3.63, 3.8) is 0 Å². The maximum Gasteiger partial charge on any atom is 0.325 e. The van der Waals surface area contributed by atoms with Crippen molar-refractivity contribution in [1.82, 2.24) is 16.0 Å². The zero-order valence-corrected chi connectivity index (χ0v) is 16.0. The number of nitrogens with zero attached hydrogens (tertiary/aromatic N) is 1. The van der Waals surface area contributed by atoms with E-state index in [0.29, 0.717) is 0 Å². The Hall–Kier alpha value is -3.42. The quantitative estimate of drug-likeness (QED) is 0.0814. The van der Waals surface area contributed by atoms with Crippen LogP contribution in [0.2, 0.25) is 0 Å². The first kappa shape index (κ1) is 25.6. The second kappa shape index (κ2) is 12.9. The van der Waals surface area contributed by atoms with Crippen LogP contribution in [0.4, 0.5) is 0 Å². The van der Waals surface area contributed by atoms with Gasteiger partial charge in [-0.05, 0) is 19.8 Å². The second-order valence-electron chi connectivity index (χ2n) is 6.07. The van der Waals surface area contributed by atoms with E-state index in [0.717, 1.165) is 0 Å². The molecular formula is C15H28N8O6. The number of primary amides is 1. The van der Waals surface area contributed by atoms with Gasteiger partial charge in [-0.25, -0.2) is 0 Å². The number of nitrogens with two attached hydrogens (primary N) is 4. The van der Waals surface area contributed by atoms with E-state index in [4.69, 9.17) is 28.0 Å². The Bertz CT molecular complexity index is 649. The largest absolute Gasteiger partial charge is 0.480 e. The Morgan fingerprint density at radius 2 is 1.55 bits per heavy atom. The smallest absolute Gasteiger partial charge is 0.325 e. The van der Waals surface area contributed by atoms with Crippen molar-refractivity contribution in [1.29, 1.82) is 0 Å². The average Bonchev–Trinajstić information content (AvgIpc) is 2.62. The Kier molecular flexibility index (Phi) is 11.4. The van der Waals surface area contributed by atoms with Crippen LogP contribution >= 0.6 is 0 Å². The Morgan fingerprint density at radius 3 is 2.03 bits per heavy atom. The number of nitrogens with one attached hydrogen (secondary N) is 3. The molecule has 164 valence electrons. The van der Waals surface area contributed by atoms with Gasteiger partial charge in [0.2, 0.25) is 23.6 Å². The van der Waals surface area contributed by atoms with Crippen molar-refractivity contribution in [3.05, 3.63) is 0 Å². The fourth-order valence-corrected chi connectivity index (χ4v) is 2.08. The molecule has 0 aromatic heterocycles. The number of carbonyl (C=O) groups excluding carboxylic acids is 4. The molecule has 0 heterocycles. The molecule has 0 radical (unpaired) electrons. The highest BCUT2D eigenvalue weighted by molar-refractivity contribution is 5.95. The van der Waals surface area contributed by atoms with Gasteiger partial charge in [0.1, 0.15) is 18.1 Å². The highest BCUT2D eigenvalue weighted by Gasteiger charge is 2.28. The zero-order valence-electron chi connectivity index (χ0n) is 16.0. The molecular weight excluding hydrogens is 388 g/mol. The number of carboxylic acids is 1. The van der Waals surface area contributed by atoms with Crippen LogP contribution in [0.1, 0.15) is 26.2 Å². The van der Waals surface area contributed by atoms with Crippen molar-refractivity contribution in [2.75, 3.05) is 13.1 Å². The van der Waals surface area contributed by atoms with Crippen LogP contribution < -0.4 is 38.9 Å². The lowest BCUT2D eigenvalue weighted by molar-refractivity contribution is -0.142. The number of carbonyl (C=O) groups is 5. The molecule has 0 saturated carbocycles. The molecule has 14 nitrogen and oxygen atoms in total. The van der Waals surface area contributed by atoms with Crippen LogP contribution in [0, 0.1) is 0 Å². The summed E-state index contributed by atoms with van der Waals surface area (Å²) >= 11 is 0. The lowest BCUT2D eigenvalue weighted by Crippen LogP contribution is -2.56. The third-order valence-corrected chi connectivity index (χ3v) is 3.55. The Morgan fingerprint density at radius 1 is 0.966 bits per heavy atom. The predicted molar refractivity (Wildman–Crippen MR) is 102 cm³/mol. The van der Waals surface area contributed by atoms with Crippen LogP contribution in [-0.2, 0) is 24.0 Å². The molecule has 0 aromatic rings. The number of rotatable bonds is 13. The first-order chi connectivity index (χ1) is 13.5. The lowest BCUT2D eigenvalue weighted by Gasteiger charge is -2.23. The molecule has 0 aliphatic rings. The first-order valence-corrected chi connectivity index (χ1v) is 8.64. The number of aliphatic carboxylic acids is 1. The van der Waals surface area contributed by atoms with Gasteiger partial charge in [0, 0.05) is 6.54 Å². The molecule has 0 spiro atoms. The van der Waals surface area contributed by atoms with Gasteiger partial charge >= 0.3 is 5.97 Å². The molecule has 0 aliphatic heterocycles. The van der Waals surface area contributed by atoms with Gasteiger partial charge in [-0.3, -0.25) is 29.0 Å². The topological polar surface area (TPSA) is 258 Å². The van der Waals surface area contributed by atoms with E-state index in [2.05, 4.69) is 20.9 Å². The first-order valence-electron chi connectivity index (χ1n) is 8.64. The summed E-state index contributed by atoms with van der Waals surface area (Å²) < 4.78 is 0. The summed E-state index contributed by atoms with van der Waals surface area (Å²) in [6.07, 6.45) is -0.201. The van der Waals surface area contributed by atoms with Gasteiger partial charge in [0.05, 0.1) is 13.0 Å². The summed E-state index contributed by atoms with van der Waals surface area (Å²) in [7, 11) is 0. The van der Waals surface area contributed by atoms with Crippen LogP contribution in [0.3, 0.4) is 0 Å². The van der Waals surface area contributed by atoms with Crippen molar-refractivity contribution >= 4 is 35.6 Å². The van der Waals surface area contributed by atoms with Crippen molar-refractivity contribution in [2.24, 2.45) is 27.9 Å². The van der Waals surface area contributed by atoms with Crippen LogP contribution in [0.15, 0.2) is 4.99 Å². The maximum absolute atomic E-state index is 12.5. The molecule has 29 heavy (non-hydrogen) atoms. The predicted octanol–water partition coefficient (Wildman–Crippen LogP) is -4.57. The highest BCUT2D eigenvalue weighted by Crippen LogP contribution is 2.02. The van der Waals surface area contributed by atoms with E-state index in [1.807, 2.05) is 0 Å². The number of amides is 4. The molecule has 3 unspecified atom stereocenters. The van der Waals surface area contributed by atoms with E-state index >= 15 is 0 Å². The van der Waals surface area contributed by atoms with Gasteiger partial charge in [-0.2, -0.15) is 0 Å². The number of guanidine groups is 1. The minimum atomic E-state index is -1.35. The summed E-state index contributed by atoms with van der Waals surface area (Å²) in [5.74, 6) is -4.64. The lowest BCUT2D eigenvalue weighted by atomic mass is 10.1. The molecule has 0 bridgehead atoms. The zero-order chi connectivity index (χ0) is 22.6. The van der Waals surface area contributed by atoms with E-state index in [1.54, 1.807) is 0 Å². The fraction of sp³-hybridized carbons (Fsp3) is 0.600. The fourth-order valence-electron chi connectivity index (χ4n) is 2.08. The summed E-state index contributed by atoms with van der Waals surface area (Å²) in [4.78, 5) is 62.2. The summed E-state index contributed by atoms with van der Waals surface area (Å²) in [6, 6.07) is -3.74. The van der Waals surface area contributed by atoms with Gasteiger partial charge in [0.25, 0.3) is 0 Å².